The second-order valence-corrected chi connectivity index (χ2v) is 4.46. The first-order valence-corrected chi connectivity index (χ1v) is 5.77. The van der Waals surface area contributed by atoms with Crippen LogP contribution < -0.4 is 11.1 Å². The molecule has 0 unspecified atom stereocenters. The van der Waals surface area contributed by atoms with E-state index in [1.165, 1.54) is 0 Å². The van der Waals surface area contributed by atoms with Gasteiger partial charge in [0.2, 0.25) is 5.91 Å². The summed E-state index contributed by atoms with van der Waals surface area (Å²) in [5.41, 5.74) is 5.58. The number of hydrogen-bond donors (Lipinski definition) is 2. The van der Waals surface area contributed by atoms with E-state index in [1.54, 1.807) is 0 Å². The third-order valence-corrected chi connectivity index (χ3v) is 2.88. The number of nitrogens with one attached hydrogen (secondary N) is 1. The minimum absolute atomic E-state index is 0.0868. The van der Waals surface area contributed by atoms with Crippen LogP contribution in [0.4, 0.5) is 14.5 Å². The lowest BCUT2D eigenvalue weighted by Crippen LogP contribution is -2.33. The summed E-state index contributed by atoms with van der Waals surface area (Å²) >= 11 is 0. The highest BCUT2D eigenvalue weighted by atomic mass is 19.1. The molecule has 0 spiro atoms. The van der Waals surface area contributed by atoms with Gasteiger partial charge in [-0.1, -0.05) is 0 Å². The van der Waals surface area contributed by atoms with Gasteiger partial charge in [-0.05, 0) is 18.6 Å². The molecule has 1 atom stereocenters. The van der Waals surface area contributed by atoms with Crippen LogP contribution in [0.2, 0.25) is 0 Å². The summed E-state index contributed by atoms with van der Waals surface area (Å²) in [7, 11) is 0. The Hall–Kier alpha value is -1.53. The van der Waals surface area contributed by atoms with E-state index in [1.807, 2.05) is 4.90 Å². The van der Waals surface area contributed by atoms with Crippen molar-refractivity contribution in [3.8, 4) is 0 Å². The van der Waals surface area contributed by atoms with Gasteiger partial charge in [-0.3, -0.25) is 9.69 Å². The fourth-order valence-electron chi connectivity index (χ4n) is 1.99. The van der Waals surface area contributed by atoms with Crippen LogP contribution in [0.1, 0.15) is 6.42 Å². The zero-order chi connectivity index (χ0) is 13.1. The fourth-order valence-corrected chi connectivity index (χ4v) is 1.99. The number of amides is 1. The van der Waals surface area contributed by atoms with Gasteiger partial charge in [0.1, 0.15) is 11.6 Å². The first-order valence-electron chi connectivity index (χ1n) is 5.77. The Bertz CT molecular complexity index is 453. The van der Waals surface area contributed by atoms with Crippen molar-refractivity contribution in [1.82, 2.24) is 4.90 Å². The summed E-state index contributed by atoms with van der Waals surface area (Å²) in [5, 5.41) is 2.36. The van der Waals surface area contributed by atoms with Crippen molar-refractivity contribution in [2.45, 2.75) is 12.5 Å². The molecule has 1 aliphatic rings. The van der Waals surface area contributed by atoms with Crippen LogP contribution in [0.15, 0.2) is 18.2 Å². The van der Waals surface area contributed by atoms with Crippen molar-refractivity contribution >= 4 is 11.6 Å². The maximum atomic E-state index is 13.3. The number of nitrogens with two attached hydrogens (primary N) is 1. The molecule has 98 valence electrons. The van der Waals surface area contributed by atoms with Crippen LogP contribution in [0.5, 0.6) is 0 Å². The van der Waals surface area contributed by atoms with E-state index < -0.39 is 11.6 Å². The maximum absolute atomic E-state index is 13.3. The molecule has 0 saturated carbocycles. The van der Waals surface area contributed by atoms with Crippen molar-refractivity contribution in [3.05, 3.63) is 29.8 Å². The number of nitrogens with zero attached hydrogens (tertiary/aromatic N) is 1. The van der Waals surface area contributed by atoms with Crippen molar-refractivity contribution in [2.75, 3.05) is 25.0 Å². The van der Waals surface area contributed by atoms with E-state index in [0.29, 0.717) is 6.54 Å². The van der Waals surface area contributed by atoms with Crippen LogP contribution in [0, 0.1) is 11.6 Å². The predicted molar refractivity (Wildman–Crippen MR) is 64.0 cm³/mol. The quantitative estimate of drug-likeness (QED) is 0.845. The zero-order valence-electron chi connectivity index (χ0n) is 9.83. The molecule has 1 aromatic rings. The second-order valence-electron chi connectivity index (χ2n) is 4.46. The molecule has 3 N–H and O–H groups in total. The number of carbonyl (C=O) groups is 1. The Labute approximate surface area is 104 Å². The average molecular weight is 255 g/mol. The standard InChI is InChI=1S/C12H15F2N3O/c13-8-1-2-10(14)11(5-8)16-12(18)7-17-4-3-9(15)6-17/h1-2,5,9H,3-4,6-7,15H2,(H,16,18)/t9-/m1/s1. The topological polar surface area (TPSA) is 58.4 Å². The molecular weight excluding hydrogens is 240 g/mol. The van der Waals surface area contributed by atoms with E-state index in [4.69, 9.17) is 5.73 Å². The Balaban J connectivity index is 1.92. The number of rotatable bonds is 3. The molecule has 18 heavy (non-hydrogen) atoms. The van der Waals surface area contributed by atoms with E-state index in [0.717, 1.165) is 31.2 Å². The smallest absolute Gasteiger partial charge is 0.238 e. The molecule has 1 fully saturated rings. The van der Waals surface area contributed by atoms with Gasteiger partial charge in [-0.15, -0.1) is 0 Å². The van der Waals surface area contributed by atoms with Gasteiger partial charge in [-0.2, -0.15) is 0 Å². The third kappa shape index (κ3) is 3.24. The molecular formula is C12H15F2N3O. The number of hydrogen-bond acceptors (Lipinski definition) is 3. The highest BCUT2D eigenvalue weighted by Gasteiger charge is 2.21. The number of anilines is 1. The molecule has 0 aromatic heterocycles. The fraction of sp³-hybridized carbons (Fsp3) is 0.417. The van der Waals surface area contributed by atoms with E-state index in [2.05, 4.69) is 5.32 Å². The molecule has 1 heterocycles. The summed E-state index contributed by atoms with van der Waals surface area (Å²) in [4.78, 5) is 13.5. The molecule has 0 radical (unpaired) electrons. The van der Waals surface area contributed by atoms with Gasteiger partial charge in [0.15, 0.2) is 0 Å². The molecule has 1 aromatic carbocycles. The molecule has 6 heteroatoms. The number of likely N-dealkylation sites (tertiary alicyclic amines) is 1. The summed E-state index contributed by atoms with van der Waals surface area (Å²) in [6, 6.07) is 3.04. The zero-order valence-corrected chi connectivity index (χ0v) is 9.83. The normalized spacial score (nSPS) is 20.1. The average Bonchev–Trinajstić information content (AvgIpc) is 2.69. The molecule has 4 nitrogen and oxygen atoms in total. The lowest BCUT2D eigenvalue weighted by molar-refractivity contribution is -0.117. The van der Waals surface area contributed by atoms with Crippen LogP contribution >= 0.6 is 0 Å². The van der Waals surface area contributed by atoms with Gasteiger partial charge in [0, 0.05) is 25.2 Å². The predicted octanol–water partition coefficient (Wildman–Crippen LogP) is 0.936. The molecule has 1 saturated heterocycles. The minimum Gasteiger partial charge on any atom is -0.326 e. The van der Waals surface area contributed by atoms with Crippen molar-refractivity contribution in [1.29, 1.82) is 0 Å². The Kier molecular flexibility index (Phi) is 3.88. The SMILES string of the molecule is N[C@@H]1CCN(CC(=O)Nc2cc(F)ccc2F)C1. The van der Waals surface area contributed by atoms with Crippen molar-refractivity contribution in [3.63, 3.8) is 0 Å². The third-order valence-electron chi connectivity index (χ3n) is 2.88. The highest BCUT2D eigenvalue weighted by Crippen LogP contribution is 2.15. The lowest BCUT2D eigenvalue weighted by Gasteiger charge is -2.14. The van der Waals surface area contributed by atoms with Crippen LogP contribution in [0.3, 0.4) is 0 Å². The monoisotopic (exact) mass is 255 g/mol. The van der Waals surface area contributed by atoms with Crippen LogP contribution in [-0.2, 0) is 4.79 Å². The number of benzene rings is 1. The number of halogens is 2. The number of carbonyl (C=O) groups excluding carboxylic acids is 1. The summed E-state index contributed by atoms with van der Waals surface area (Å²) in [6.45, 7) is 1.54. The summed E-state index contributed by atoms with van der Waals surface area (Å²) in [5.74, 6) is -1.61. The second kappa shape index (κ2) is 5.41. The Morgan fingerprint density at radius 2 is 2.28 bits per heavy atom. The lowest BCUT2D eigenvalue weighted by atomic mass is 10.3. The van der Waals surface area contributed by atoms with Gasteiger partial charge in [0.05, 0.1) is 12.2 Å². The summed E-state index contributed by atoms with van der Waals surface area (Å²) < 4.78 is 26.2. The van der Waals surface area contributed by atoms with Gasteiger partial charge in [0.25, 0.3) is 0 Å². The van der Waals surface area contributed by atoms with Crippen LogP contribution in [0.25, 0.3) is 0 Å². The van der Waals surface area contributed by atoms with Gasteiger partial charge in [-0.25, -0.2) is 8.78 Å². The van der Waals surface area contributed by atoms with E-state index in [9.17, 15) is 13.6 Å². The largest absolute Gasteiger partial charge is 0.326 e. The first-order chi connectivity index (χ1) is 8.54. The maximum Gasteiger partial charge on any atom is 0.238 e. The molecule has 1 aliphatic heterocycles. The van der Waals surface area contributed by atoms with Gasteiger partial charge >= 0.3 is 0 Å². The van der Waals surface area contributed by atoms with Crippen molar-refractivity contribution in [2.24, 2.45) is 5.73 Å². The van der Waals surface area contributed by atoms with Crippen LogP contribution in [-0.4, -0.2) is 36.5 Å². The van der Waals surface area contributed by atoms with Gasteiger partial charge < -0.3 is 11.1 Å². The highest BCUT2D eigenvalue weighted by molar-refractivity contribution is 5.92. The molecule has 1 amide bonds. The Morgan fingerprint density at radius 1 is 1.50 bits per heavy atom. The van der Waals surface area contributed by atoms with Crippen molar-refractivity contribution < 1.29 is 13.6 Å². The molecule has 0 bridgehead atoms. The molecule has 2 rings (SSSR count). The van der Waals surface area contributed by atoms with E-state index >= 15 is 0 Å². The summed E-state index contributed by atoms with van der Waals surface area (Å²) in [6.07, 6.45) is 0.849. The minimum atomic E-state index is -0.650. The first kappa shape index (κ1) is 12.9. The molecule has 0 aliphatic carbocycles. The van der Waals surface area contributed by atoms with E-state index in [-0.39, 0.29) is 24.2 Å². The Morgan fingerprint density at radius 3 is 2.94 bits per heavy atom.